The summed E-state index contributed by atoms with van der Waals surface area (Å²) in [5.41, 5.74) is 9.78. The third kappa shape index (κ3) is 5.99. The number of carbonyl (C=O) groups excluding carboxylic acids is 2. The van der Waals surface area contributed by atoms with Gasteiger partial charge in [0, 0.05) is 27.7 Å². The van der Waals surface area contributed by atoms with Gasteiger partial charge in [-0.25, -0.2) is 4.79 Å². The number of nitrogens with one attached hydrogen (secondary N) is 2. The quantitative estimate of drug-likeness (QED) is 0.295. The normalized spacial score (nSPS) is 14.6. The number of ether oxygens (including phenoxy) is 1. The average molecular weight is 526 g/mol. The summed E-state index contributed by atoms with van der Waals surface area (Å²) in [6.45, 7) is 8.50. The van der Waals surface area contributed by atoms with Gasteiger partial charge in [0.2, 0.25) is 6.41 Å². The van der Waals surface area contributed by atoms with Gasteiger partial charge >= 0.3 is 5.97 Å². The zero-order valence-electron chi connectivity index (χ0n) is 21.2. The van der Waals surface area contributed by atoms with Crippen molar-refractivity contribution >= 4 is 40.1 Å². The lowest BCUT2D eigenvalue weighted by molar-refractivity contribution is -0.106. The van der Waals surface area contributed by atoms with E-state index in [1.54, 1.807) is 11.3 Å². The van der Waals surface area contributed by atoms with Crippen molar-refractivity contribution in [1.29, 1.82) is 0 Å². The largest absolute Gasteiger partial charge is 0.456 e. The minimum absolute atomic E-state index is 0.191. The number of esters is 1. The van der Waals surface area contributed by atoms with Crippen LogP contribution in [0.2, 0.25) is 0 Å². The van der Waals surface area contributed by atoms with Crippen molar-refractivity contribution < 1.29 is 14.3 Å². The van der Waals surface area contributed by atoms with E-state index >= 15 is 0 Å². The molecule has 0 atom stereocenters. The molecule has 4 N–H and O–H groups in total. The summed E-state index contributed by atoms with van der Waals surface area (Å²) < 4.78 is 5.83. The van der Waals surface area contributed by atoms with E-state index in [2.05, 4.69) is 46.7 Å². The van der Waals surface area contributed by atoms with Gasteiger partial charge in [-0.2, -0.15) is 0 Å². The molecule has 0 radical (unpaired) electrons. The number of carbonyl (C=O) groups is 2. The lowest BCUT2D eigenvalue weighted by Gasteiger charge is -2.21. The smallest absolute Gasteiger partial charge is 0.341 e. The van der Waals surface area contributed by atoms with E-state index in [1.807, 2.05) is 32.1 Å². The molecule has 6 nitrogen and oxygen atoms in total. The second kappa shape index (κ2) is 11.6. The molecule has 5 rings (SSSR count). The summed E-state index contributed by atoms with van der Waals surface area (Å²) in [6.07, 6.45) is 5.67. The highest BCUT2D eigenvalue weighted by atomic mass is 32.1. The molecule has 1 amide bonds. The number of nitrogens with two attached hydrogens (primary N) is 1. The van der Waals surface area contributed by atoms with E-state index in [4.69, 9.17) is 9.53 Å². The fraction of sp³-hybridized carbons (Fsp3) is 0.429. The standard InChI is InChI=1S/C27H32N2O2S2.CH3NO/c1-27(2,3)31-26(30)23-19-11-7-8-12-21(19)33-25(23)29-15-20-18-13-14-28-16-22(18)32-24(20)17-9-5-4-6-10-17;2-1-3/h4-6,9-10,28-29H,7-8,11-16H2,1-3H3;1H,(H2,2,3). The number of thiophene rings is 2. The predicted molar refractivity (Wildman–Crippen MR) is 149 cm³/mol. The van der Waals surface area contributed by atoms with Crippen LogP contribution in [0, 0.1) is 0 Å². The van der Waals surface area contributed by atoms with Crippen LogP contribution in [0.15, 0.2) is 30.3 Å². The number of rotatable bonds is 5. The molecule has 0 fully saturated rings. The monoisotopic (exact) mass is 525 g/mol. The first kappa shape index (κ1) is 26.4. The van der Waals surface area contributed by atoms with Crippen molar-refractivity contribution in [1.82, 2.24) is 5.32 Å². The number of hydrogen-bond acceptors (Lipinski definition) is 7. The molecule has 36 heavy (non-hydrogen) atoms. The van der Waals surface area contributed by atoms with Gasteiger partial charge in [0.05, 0.1) is 5.56 Å². The first-order valence-corrected chi connectivity index (χ1v) is 14.1. The topological polar surface area (TPSA) is 93.4 Å². The summed E-state index contributed by atoms with van der Waals surface area (Å²) in [5, 5.41) is 8.20. The Balaban J connectivity index is 0.000000967. The van der Waals surface area contributed by atoms with E-state index in [9.17, 15) is 4.79 Å². The Labute approximate surface area is 221 Å². The molecule has 0 bridgehead atoms. The van der Waals surface area contributed by atoms with Gasteiger partial charge in [-0.05, 0) is 81.7 Å². The van der Waals surface area contributed by atoms with Crippen LogP contribution in [-0.4, -0.2) is 24.5 Å². The van der Waals surface area contributed by atoms with Gasteiger partial charge in [0.1, 0.15) is 10.6 Å². The Kier molecular flexibility index (Phi) is 8.49. The summed E-state index contributed by atoms with van der Waals surface area (Å²) >= 11 is 3.66. The molecule has 2 aliphatic rings. The van der Waals surface area contributed by atoms with Gasteiger partial charge < -0.3 is 21.1 Å². The summed E-state index contributed by atoms with van der Waals surface area (Å²) in [6, 6.07) is 10.7. The first-order chi connectivity index (χ1) is 17.3. The van der Waals surface area contributed by atoms with E-state index in [0.717, 1.165) is 55.9 Å². The summed E-state index contributed by atoms with van der Waals surface area (Å²) in [5.74, 6) is -0.191. The predicted octanol–water partition coefficient (Wildman–Crippen LogP) is 5.67. The summed E-state index contributed by atoms with van der Waals surface area (Å²) in [7, 11) is 0. The van der Waals surface area contributed by atoms with Crippen LogP contribution in [0.5, 0.6) is 0 Å². The fourth-order valence-corrected chi connectivity index (χ4v) is 7.43. The number of primary amides is 1. The van der Waals surface area contributed by atoms with Crippen molar-refractivity contribution in [3.8, 4) is 10.4 Å². The van der Waals surface area contributed by atoms with Crippen molar-refractivity contribution in [3.05, 3.63) is 62.3 Å². The Hall–Kier alpha value is -2.68. The molecule has 3 aromatic rings. The van der Waals surface area contributed by atoms with Crippen LogP contribution in [0.3, 0.4) is 0 Å². The SMILES string of the molecule is CC(C)(C)OC(=O)c1c(NCc2c(-c3ccccc3)sc3c2CCNC3)sc2c1CCCC2.NC=O. The first-order valence-electron chi connectivity index (χ1n) is 12.5. The summed E-state index contributed by atoms with van der Waals surface area (Å²) in [4.78, 5) is 26.0. The molecule has 3 heterocycles. The van der Waals surface area contributed by atoms with Crippen LogP contribution >= 0.6 is 22.7 Å². The molecule has 192 valence electrons. The highest BCUT2D eigenvalue weighted by molar-refractivity contribution is 7.17. The zero-order chi connectivity index (χ0) is 25.7. The van der Waals surface area contributed by atoms with Crippen LogP contribution in [0.4, 0.5) is 5.00 Å². The molecule has 0 saturated heterocycles. The van der Waals surface area contributed by atoms with Gasteiger partial charge in [0.15, 0.2) is 0 Å². The molecule has 2 aromatic heterocycles. The lowest BCUT2D eigenvalue weighted by atomic mass is 9.95. The van der Waals surface area contributed by atoms with Crippen LogP contribution < -0.4 is 16.4 Å². The van der Waals surface area contributed by atoms with Crippen molar-refractivity contribution in [2.24, 2.45) is 5.73 Å². The molecule has 1 aliphatic carbocycles. The maximum Gasteiger partial charge on any atom is 0.341 e. The highest BCUT2D eigenvalue weighted by Crippen LogP contribution is 2.42. The zero-order valence-corrected chi connectivity index (χ0v) is 22.9. The molecule has 0 spiro atoms. The molecule has 0 unspecified atom stereocenters. The molecular weight excluding hydrogens is 490 g/mol. The van der Waals surface area contributed by atoms with E-state index in [0.29, 0.717) is 0 Å². The van der Waals surface area contributed by atoms with Gasteiger partial charge in [-0.15, -0.1) is 22.7 Å². The molecule has 8 heteroatoms. The Morgan fingerprint density at radius 1 is 1.08 bits per heavy atom. The Bertz CT molecular complexity index is 1210. The maximum atomic E-state index is 13.2. The second-order valence-electron chi connectivity index (χ2n) is 10.0. The molecular formula is C28H35N3O3S2. The minimum atomic E-state index is -0.502. The highest BCUT2D eigenvalue weighted by Gasteiger charge is 2.29. The number of benzene rings is 1. The fourth-order valence-electron chi connectivity index (χ4n) is 4.81. The van der Waals surface area contributed by atoms with Gasteiger partial charge in [-0.3, -0.25) is 4.79 Å². The molecule has 1 aromatic carbocycles. The maximum absolute atomic E-state index is 13.2. The second-order valence-corrected chi connectivity index (χ2v) is 12.2. The van der Waals surface area contributed by atoms with Crippen LogP contribution in [0.1, 0.15) is 70.4 Å². The van der Waals surface area contributed by atoms with Crippen molar-refractivity contribution in [3.63, 3.8) is 0 Å². The van der Waals surface area contributed by atoms with Gasteiger partial charge in [0.25, 0.3) is 0 Å². The number of amides is 1. The van der Waals surface area contributed by atoms with Crippen LogP contribution in [-0.2, 0) is 41.9 Å². The third-order valence-corrected chi connectivity index (χ3v) is 8.85. The van der Waals surface area contributed by atoms with E-state index in [-0.39, 0.29) is 12.4 Å². The average Bonchev–Trinajstić information content (AvgIpc) is 3.41. The van der Waals surface area contributed by atoms with E-state index in [1.165, 1.54) is 43.3 Å². The third-order valence-electron chi connectivity index (χ3n) is 6.27. The Morgan fingerprint density at radius 3 is 2.53 bits per heavy atom. The van der Waals surface area contributed by atoms with Crippen molar-refractivity contribution in [2.75, 3.05) is 11.9 Å². The molecule has 0 saturated carbocycles. The van der Waals surface area contributed by atoms with Gasteiger partial charge in [-0.1, -0.05) is 30.3 Å². The number of aryl methyl sites for hydroxylation is 1. The number of hydrogen-bond donors (Lipinski definition) is 3. The lowest BCUT2D eigenvalue weighted by Crippen LogP contribution is -2.25. The Morgan fingerprint density at radius 2 is 1.81 bits per heavy atom. The van der Waals surface area contributed by atoms with E-state index < -0.39 is 5.60 Å². The van der Waals surface area contributed by atoms with Crippen molar-refractivity contribution in [2.45, 2.75) is 71.6 Å². The molecule has 1 aliphatic heterocycles. The number of anilines is 1. The minimum Gasteiger partial charge on any atom is -0.456 e. The van der Waals surface area contributed by atoms with Crippen LogP contribution in [0.25, 0.3) is 10.4 Å². The number of fused-ring (bicyclic) bond motifs is 2.